The van der Waals surface area contributed by atoms with E-state index in [0.717, 1.165) is 50.2 Å². The Kier molecular flexibility index (Phi) is 4.59. The number of tetrazole rings is 1. The number of hydrogen-bond acceptors (Lipinski definition) is 9. The van der Waals surface area contributed by atoms with Crippen LogP contribution in [0.2, 0.25) is 0 Å². The fourth-order valence-electron chi connectivity index (χ4n) is 3.19. The molecule has 148 valence electrons. The first kappa shape index (κ1) is 18.3. The van der Waals surface area contributed by atoms with E-state index in [0.29, 0.717) is 17.5 Å². The first-order valence-electron chi connectivity index (χ1n) is 9.12. The molecule has 0 atom stereocenters. The molecule has 1 aliphatic carbocycles. The number of aromatic nitrogens is 6. The van der Waals surface area contributed by atoms with Crippen molar-refractivity contribution in [2.75, 3.05) is 14.2 Å². The minimum Gasteiger partial charge on any atom is -0.493 e. The minimum absolute atomic E-state index is 0.402. The van der Waals surface area contributed by atoms with Crippen LogP contribution in [0.3, 0.4) is 0 Å². The highest BCUT2D eigenvalue weighted by Gasteiger charge is 2.29. The van der Waals surface area contributed by atoms with Crippen LogP contribution in [0.15, 0.2) is 33.8 Å². The summed E-state index contributed by atoms with van der Waals surface area (Å²) in [7, 11) is 3.27. The van der Waals surface area contributed by atoms with Gasteiger partial charge in [0.05, 0.1) is 25.6 Å². The molecule has 0 aliphatic heterocycles. The SMILES string of the molecule is COc1ccc(-c2csc3nc(C)nc(Sc4nnnn4C4CC4)c23)cc1OC. The van der Waals surface area contributed by atoms with Crippen LogP contribution < -0.4 is 9.47 Å². The lowest BCUT2D eigenvalue weighted by molar-refractivity contribution is 0.355. The Morgan fingerprint density at radius 3 is 2.72 bits per heavy atom. The van der Waals surface area contributed by atoms with Crippen LogP contribution >= 0.6 is 23.1 Å². The maximum Gasteiger partial charge on any atom is 0.215 e. The fraction of sp³-hybridized carbons (Fsp3) is 0.316. The van der Waals surface area contributed by atoms with E-state index in [-0.39, 0.29) is 0 Å². The van der Waals surface area contributed by atoms with E-state index in [2.05, 4.69) is 25.9 Å². The quantitative estimate of drug-likeness (QED) is 0.425. The van der Waals surface area contributed by atoms with Crippen molar-refractivity contribution in [1.82, 2.24) is 30.2 Å². The average molecular weight is 427 g/mol. The van der Waals surface area contributed by atoms with Crippen molar-refractivity contribution in [2.24, 2.45) is 0 Å². The van der Waals surface area contributed by atoms with Crippen LogP contribution in [0.25, 0.3) is 21.3 Å². The second-order valence-corrected chi connectivity index (χ2v) is 8.53. The van der Waals surface area contributed by atoms with Crippen molar-refractivity contribution in [1.29, 1.82) is 0 Å². The lowest BCUT2D eigenvalue weighted by atomic mass is 10.1. The van der Waals surface area contributed by atoms with Gasteiger partial charge in [-0.25, -0.2) is 14.6 Å². The minimum atomic E-state index is 0.402. The first-order valence-corrected chi connectivity index (χ1v) is 10.8. The summed E-state index contributed by atoms with van der Waals surface area (Å²) in [6.07, 6.45) is 2.23. The molecule has 0 saturated heterocycles. The number of rotatable bonds is 6. The highest BCUT2D eigenvalue weighted by Crippen LogP contribution is 2.43. The predicted molar refractivity (Wildman–Crippen MR) is 111 cm³/mol. The zero-order chi connectivity index (χ0) is 20.0. The second-order valence-electron chi connectivity index (χ2n) is 6.71. The summed E-state index contributed by atoms with van der Waals surface area (Å²) >= 11 is 3.09. The van der Waals surface area contributed by atoms with Crippen molar-refractivity contribution in [3.05, 3.63) is 29.4 Å². The van der Waals surface area contributed by atoms with E-state index in [1.165, 1.54) is 11.8 Å². The molecule has 1 fully saturated rings. The zero-order valence-corrected chi connectivity index (χ0v) is 17.8. The predicted octanol–water partition coefficient (Wildman–Crippen LogP) is 4.16. The molecule has 0 unspecified atom stereocenters. The molecule has 10 heteroatoms. The first-order chi connectivity index (χ1) is 14.2. The number of methoxy groups -OCH3 is 2. The van der Waals surface area contributed by atoms with Gasteiger partial charge in [-0.3, -0.25) is 0 Å². The van der Waals surface area contributed by atoms with Crippen molar-refractivity contribution in [3.63, 3.8) is 0 Å². The number of benzene rings is 1. The van der Waals surface area contributed by atoms with E-state index >= 15 is 0 Å². The molecule has 0 radical (unpaired) electrons. The van der Waals surface area contributed by atoms with Crippen LogP contribution in [0, 0.1) is 6.92 Å². The molecule has 1 saturated carbocycles. The van der Waals surface area contributed by atoms with E-state index in [1.807, 2.05) is 29.8 Å². The van der Waals surface area contributed by atoms with Crippen LogP contribution in [-0.2, 0) is 0 Å². The highest BCUT2D eigenvalue weighted by molar-refractivity contribution is 7.99. The third kappa shape index (κ3) is 3.32. The number of ether oxygens (including phenoxy) is 2. The molecule has 8 nitrogen and oxygen atoms in total. The van der Waals surface area contributed by atoms with Crippen LogP contribution in [0.1, 0.15) is 24.7 Å². The summed E-state index contributed by atoms with van der Waals surface area (Å²) in [5.41, 5.74) is 2.07. The number of hydrogen-bond donors (Lipinski definition) is 0. The summed E-state index contributed by atoms with van der Waals surface area (Å²) < 4.78 is 12.8. The Morgan fingerprint density at radius 2 is 1.97 bits per heavy atom. The van der Waals surface area contributed by atoms with Gasteiger partial charge in [-0.05, 0) is 59.7 Å². The average Bonchev–Trinajstić information content (AvgIpc) is 3.32. The third-order valence-corrected chi connectivity index (χ3v) is 6.56. The molecular formula is C19H18N6O2S2. The van der Waals surface area contributed by atoms with Crippen molar-refractivity contribution in [2.45, 2.75) is 36.0 Å². The van der Waals surface area contributed by atoms with Gasteiger partial charge in [0.1, 0.15) is 15.7 Å². The number of fused-ring (bicyclic) bond motifs is 1. The number of thiophene rings is 1. The molecule has 1 aromatic carbocycles. The zero-order valence-electron chi connectivity index (χ0n) is 16.1. The van der Waals surface area contributed by atoms with E-state index in [9.17, 15) is 0 Å². The van der Waals surface area contributed by atoms with Crippen molar-refractivity contribution >= 4 is 33.3 Å². The molecule has 0 amide bonds. The van der Waals surface area contributed by atoms with Crippen molar-refractivity contribution < 1.29 is 9.47 Å². The largest absolute Gasteiger partial charge is 0.493 e. The topological polar surface area (TPSA) is 87.8 Å². The standard InChI is InChI=1S/C19H18N6O2S2/c1-10-20-17-16(18(21-10)29-19-22-23-24-25(19)12-5-6-12)13(9-28-17)11-4-7-14(26-2)15(8-11)27-3/h4,7-9,12H,5-6H2,1-3H3. The highest BCUT2D eigenvalue weighted by atomic mass is 32.2. The Hall–Kier alpha value is -2.72. The van der Waals surface area contributed by atoms with Gasteiger partial charge in [0, 0.05) is 10.9 Å². The van der Waals surface area contributed by atoms with Gasteiger partial charge in [0.15, 0.2) is 11.5 Å². The van der Waals surface area contributed by atoms with E-state index in [1.54, 1.807) is 25.6 Å². The normalized spacial score (nSPS) is 13.8. The Balaban J connectivity index is 1.63. The molecule has 3 heterocycles. The molecular weight excluding hydrogens is 408 g/mol. The third-order valence-electron chi connectivity index (χ3n) is 4.75. The fourth-order valence-corrected chi connectivity index (χ4v) is 5.26. The Bertz CT molecular complexity index is 1200. The molecule has 5 rings (SSSR count). The van der Waals surface area contributed by atoms with Gasteiger partial charge in [0.25, 0.3) is 0 Å². The number of nitrogens with zero attached hydrogens (tertiary/aromatic N) is 6. The Morgan fingerprint density at radius 1 is 1.14 bits per heavy atom. The molecule has 0 spiro atoms. The van der Waals surface area contributed by atoms with Crippen LogP contribution in [0.4, 0.5) is 0 Å². The van der Waals surface area contributed by atoms with E-state index in [4.69, 9.17) is 14.5 Å². The summed E-state index contributed by atoms with van der Waals surface area (Å²) in [5, 5.41) is 17.0. The molecule has 0 bridgehead atoms. The summed E-state index contributed by atoms with van der Waals surface area (Å²) in [6, 6.07) is 6.31. The number of aryl methyl sites for hydroxylation is 1. The van der Waals surface area contributed by atoms with Gasteiger partial charge in [0.2, 0.25) is 5.16 Å². The maximum absolute atomic E-state index is 5.48. The Labute approximate surface area is 175 Å². The van der Waals surface area contributed by atoms with Crippen LogP contribution in [0.5, 0.6) is 11.5 Å². The molecule has 1 aliphatic rings. The van der Waals surface area contributed by atoms with Crippen molar-refractivity contribution in [3.8, 4) is 22.6 Å². The van der Waals surface area contributed by atoms with Crippen LogP contribution in [-0.4, -0.2) is 44.4 Å². The van der Waals surface area contributed by atoms with Gasteiger partial charge >= 0.3 is 0 Å². The van der Waals surface area contributed by atoms with Gasteiger partial charge < -0.3 is 9.47 Å². The molecule has 3 aromatic heterocycles. The lowest BCUT2D eigenvalue weighted by Crippen LogP contribution is -1.99. The smallest absolute Gasteiger partial charge is 0.215 e. The summed E-state index contributed by atoms with van der Waals surface area (Å²) in [6.45, 7) is 1.91. The summed E-state index contributed by atoms with van der Waals surface area (Å²) in [4.78, 5) is 10.3. The summed E-state index contributed by atoms with van der Waals surface area (Å²) in [5.74, 6) is 2.11. The van der Waals surface area contributed by atoms with E-state index < -0.39 is 0 Å². The second kappa shape index (κ2) is 7.27. The van der Waals surface area contributed by atoms with Gasteiger partial charge in [-0.15, -0.1) is 16.4 Å². The van der Waals surface area contributed by atoms with Gasteiger partial charge in [-0.2, -0.15) is 0 Å². The van der Waals surface area contributed by atoms with Gasteiger partial charge in [-0.1, -0.05) is 6.07 Å². The molecule has 0 N–H and O–H groups in total. The molecule has 29 heavy (non-hydrogen) atoms. The monoisotopic (exact) mass is 426 g/mol. The maximum atomic E-state index is 5.48. The molecule has 4 aromatic rings. The lowest BCUT2D eigenvalue weighted by Gasteiger charge is -2.10.